The molecular weight excluding hydrogens is 454 g/mol. The Bertz CT molecular complexity index is 1010. The van der Waals surface area contributed by atoms with Gasteiger partial charge in [-0.3, -0.25) is 14.7 Å². The number of fused-ring (bicyclic) bond motifs is 1. The number of hydrogen-bond donors (Lipinski definition) is 2. The number of aryl methyl sites for hydroxylation is 2. The van der Waals surface area contributed by atoms with Crippen LogP contribution in [0.1, 0.15) is 81.1 Å². The maximum absolute atomic E-state index is 12.4. The van der Waals surface area contributed by atoms with Crippen molar-refractivity contribution in [3.8, 4) is 0 Å². The maximum Gasteiger partial charge on any atom is 0.325 e. The van der Waals surface area contributed by atoms with Crippen molar-refractivity contribution < 1.29 is 19.4 Å². The van der Waals surface area contributed by atoms with Gasteiger partial charge in [0.1, 0.15) is 6.04 Å². The molecule has 0 bridgehead atoms. The van der Waals surface area contributed by atoms with Gasteiger partial charge in [0.15, 0.2) is 0 Å². The number of nitrogens with one attached hydrogen (secondary N) is 1. The quantitative estimate of drug-likeness (QED) is 0.393. The first-order valence-corrected chi connectivity index (χ1v) is 13.5. The van der Waals surface area contributed by atoms with Crippen LogP contribution in [-0.2, 0) is 27.1 Å². The van der Waals surface area contributed by atoms with E-state index in [4.69, 9.17) is 14.5 Å². The zero-order chi connectivity index (χ0) is 25.5. The highest BCUT2D eigenvalue weighted by molar-refractivity contribution is 5.76. The monoisotopic (exact) mass is 495 g/mol. The van der Waals surface area contributed by atoms with E-state index in [9.17, 15) is 9.90 Å². The second kappa shape index (κ2) is 12.7. The lowest BCUT2D eigenvalue weighted by Crippen LogP contribution is -2.34. The van der Waals surface area contributed by atoms with Gasteiger partial charge in [-0.2, -0.15) is 0 Å². The Hall–Kier alpha value is -2.48. The Kier molecular flexibility index (Phi) is 9.35. The first-order chi connectivity index (χ1) is 17.4. The molecule has 2 aliphatic heterocycles. The predicted molar refractivity (Wildman–Crippen MR) is 141 cm³/mol. The number of aromatic nitrogens is 1. The van der Waals surface area contributed by atoms with Gasteiger partial charge in [0.25, 0.3) is 0 Å². The lowest BCUT2D eigenvalue weighted by molar-refractivity contribution is -0.143. The van der Waals surface area contributed by atoms with Gasteiger partial charge in [-0.15, -0.1) is 0 Å². The largest absolute Gasteiger partial charge is 0.480 e. The molecule has 36 heavy (non-hydrogen) atoms. The number of ether oxygens (including phenoxy) is 2. The van der Waals surface area contributed by atoms with E-state index in [1.54, 1.807) is 0 Å². The molecule has 0 aliphatic carbocycles. The van der Waals surface area contributed by atoms with Gasteiger partial charge in [0.05, 0.1) is 29.7 Å². The van der Waals surface area contributed by atoms with Crippen LogP contribution in [0.25, 0.3) is 0 Å². The molecule has 2 aliphatic rings. The van der Waals surface area contributed by atoms with Crippen LogP contribution in [0.3, 0.4) is 0 Å². The topological polar surface area (TPSA) is 83.9 Å². The van der Waals surface area contributed by atoms with Crippen molar-refractivity contribution in [1.82, 2.24) is 9.88 Å². The minimum absolute atomic E-state index is 0.0660. The van der Waals surface area contributed by atoms with E-state index in [-0.39, 0.29) is 18.3 Å². The molecule has 2 aromatic rings. The molecule has 0 saturated carbocycles. The fourth-order valence-electron chi connectivity index (χ4n) is 5.40. The van der Waals surface area contributed by atoms with Gasteiger partial charge in [-0.1, -0.05) is 24.3 Å². The molecule has 0 spiro atoms. The second-order valence-electron chi connectivity index (χ2n) is 10.3. The van der Waals surface area contributed by atoms with Crippen molar-refractivity contribution in [1.29, 1.82) is 0 Å². The van der Waals surface area contributed by atoms with Crippen molar-refractivity contribution in [2.45, 2.75) is 83.6 Å². The number of hydrogen-bond acceptors (Lipinski definition) is 6. The van der Waals surface area contributed by atoms with Crippen LogP contribution >= 0.6 is 0 Å². The first-order valence-electron chi connectivity index (χ1n) is 13.5. The zero-order valence-corrected chi connectivity index (χ0v) is 21.9. The molecule has 3 heterocycles. The van der Waals surface area contributed by atoms with Crippen molar-refractivity contribution >= 4 is 11.7 Å². The Balaban J connectivity index is 1.26. The SMILES string of the molecule is CC(C)O[C@H](C)c1ccccc1C(C(=O)O)N1CC[C@@H](OCCCCc2ccc3c(n2)CCCN3)C1. The minimum Gasteiger partial charge on any atom is -0.480 e. The van der Waals surface area contributed by atoms with E-state index in [0.29, 0.717) is 19.7 Å². The molecule has 7 heteroatoms. The number of unbranched alkanes of at least 4 members (excludes halogenated alkanes) is 1. The number of anilines is 1. The normalized spacial score (nSPS) is 19.6. The summed E-state index contributed by atoms with van der Waals surface area (Å²) in [6.45, 7) is 9.05. The molecule has 3 atom stereocenters. The van der Waals surface area contributed by atoms with Crippen molar-refractivity contribution in [2.75, 3.05) is 31.6 Å². The number of benzene rings is 1. The molecule has 1 saturated heterocycles. The number of pyridine rings is 1. The van der Waals surface area contributed by atoms with E-state index in [2.05, 4.69) is 17.4 Å². The smallest absolute Gasteiger partial charge is 0.325 e. The van der Waals surface area contributed by atoms with Crippen LogP contribution in [0.2, 0.25) is 0 Å². The molecule has 7 nitrogen and oxygen atoms in total. The third kappa shape index (κ3) is 6.84. The fourth-order valence-corrected chi connectivity index (χ4v) is 5.40. The van der Waals surface area contributed by atoms with Gasteiger partial charge >= 0.3 is 5.97 Å². The Morgan fingerprint density at radius 1 is 1.17 bits per heavy atom. The maximum atomic E-state index is 12.4. The molecule has 1 aromatic carbocycles. The number of carboxylic acids is 1. The average Bonchev–Trinajstić information content (AvgIpc) is 3.31. The summed E-state index contributed by atoms with van der Waals surface area (Å²) in [7, 11) is 0. The molecule has 0 radical (unpaired) electrons. The third-order valence-electron chi connectivity index (χ3n) is 7.10. The van der Waals surface area contributed by atoms with E-state index in [0.717, 1.165) is 61.9 Å². The minimum atomic E-state index is -0.826. The predicted octanol–water partition coefficient (Wildman–Crippen LogP) is 5.17. The van der Waals surface area contributed by atoms with Crippen LogP contribution in [0.5, 0.6) is 0 Å². The molecule has 1 fully saturated rings. The Morgan fingerprint density at radius 3 is 2.75 bits per heavy atom. The first kappa shape index (κ1) is 26.6. The van der Waals surface area contributed by atoms with Gasteiger partial charge in [-0.05, 0) is 82.6 Å². The number of likely N-dealkylation sites (tertiary alicyclic amines) is 1. The van der Waals surface area contributed by atoms with Crippen molar-refractivity contribution in [3.05, 3.63) is 58.9 Å². The lowest BCUT2D eigenvalue weighted by atomic mass is 9.96. The molecule has 2 N–H and O–H groups in total. The summed E-state index contributed by atoms with van der Waals surface area (Å²) in [5, 5.41) is 13.6. The highest BCUT2D eigenvalue weighted by atomic mass is 16.5. The average molecular weight is 496 g/mol. The van der Waals surface area contributed by atoms with E-state index in [1.807, 2.05) is 49.9 Å². The molecule has 1 aromatic heterocycles. The molecule has 196 valence electrons. The number of carboxylic acid groups (broad SMARTS) is 1. The summed E-state index contributed by atoms with van der Waals surface area (Å²) < 4.78 is 12.2. The van der Waals surface area contributed by atoms with Crippen molar-refractivity contribution in [3.63, 3.8) is 0 Å². The van der Waals surface area contributed by atoms with Crippen LogP contribution in [0.4, 0.5) is 5.69 Å². The Morgan fingerprint density at radius 2 is 1.97 bits per heavy atom. The Labute approximate surface area is 215 Å². The highest BCUT2D eigenvalue weighted by Gasteiger charge is 2.35. The third-order valence-corrected chi connectivity index (χ3v) is 7.10. The summed E-state index contributed by atoms with van der Waals surface area (Å²) >= 11 is 0. The summed E-state index contributed by atoms with van der Waals surface area (Å²) in [5.74, 6) is -0.826. The highest BCUT2D eigenvalue weighted by Crippen LogP contribution is 2.33. The molecule has 1 unspecified atom stereocenters. The van der Waals surface area contributed by atoms with E-state index in [1.165, 1.54) is 11.4 Å². The molecule has 0 amide bonds. The van der Waals surface area contributed by atoms with Gasteiger partial charge < -0.3 is 19.9 Å². The zero-order valence-electron chi connectivity index (χ0n) is 21.9. The number of carbonyl (C=O) groups is 1. The van der Waals surface area contributed by atoms with Crippen LogP contribution < -0.4 is 5.32 Å². The summed E-state index contributed by atoms with van der Waals surface area (Å²) in [5.41, 5.74) is 5.29. The van der Waals surface area contributed by atoms with Crippen molar-refractivity contribution in [2.24, 2.45) is 0 Å². The van der Waals surface area contributed by atoms with E-state index >= 15 is 0 Å². The molecule has 4 rings (SSSR count). The number of aliphatic carboxylic acids is 1. The number of nitrogens with zero attached hydrogens (tertiary/aromatic N) is 2. The fraction of sp³-hybridized carbons (Fsp3) is 0.586. The summed E-state index contributed by atoms with van der Waals surface area (Å²) in [6.07, 6.45) is 6.00. The molecular formula is C29H41N3O4. The van der Waals surface area contributed by atoms with E-state index < -0.39 is 12.0 Å². The van der Waals surface area contributed by atoms with Crippen LogP contribution in [0, 0.1) is 0 Å². The van der Waals surface area contributed by atoms with Crippen LogP contribution in [0.15, 0.2) is 36.4 Å². The standard InChI is InChI=1S/C29H41N3O4/c1-20(2)36-21(3)24-10-4-5-11-25(24)28(29(33)34)32-17-15-23(19-32)35-18-7-6-9-22-13-14-26-27(31-22)12-8-16-30-26/h4-5,10-11,13-14,20-21,23,28,30H,6-9,12,15-19H2,1-3H3,(H,33,34)/t21-,23-,28?/m1/s1. The van der Waals surface area contributed by atoms with Crippen LogP contribution in [-0.4, -0.2) is 59.4 Å². The van der Waals surface area contributed by atoms with Gasteiger partial charge in [0, 0.05) is 31.9 Å². The van der Waals surface area contributed by atoms with Gasteiger partial charge in [0.2, 0.25) is 0 Å². The summed E-state index contributed by atoms with van der Waals surface area (Å²) in [4.78, 5) is 19.2. The second-order valence-corrected chi connectivity index (χ2v) is 10.3. The number of rotatable bonds is 12. The van der Waals surface area contributed by atoms with Gasteiger partial charge in [-0.25, -0.2) is 0 Å². The summed E-state index contributed by atoms with van der Waals surface area (Å²) in [6, 6.07) is 11.4. The lowest BCUT2D eigenvalue weighted by Gasteiger charge is -2.28.